The predicted octanol–water partition coefficient (Wildman–Crippen LogP) is 4.42. The highest BCUT2D eigenvalue weighted by Crippen LogP contribution is 2.57. The maximum atomic E-state index is 13.4. The van der Waals surface area contributed by atoms with Crippen molar-refractivity contribution in [2.45, 2.75) is 40.5 Å². The summed E-state index contributed by atoms with van der Waals surface area (Å²) >= 11 is 0. The van der Waals surface area contributed by atoms with Crippen molar-refractivity contribution in [3.8, 4) is 0 Å². The number of allylic oxidation sites excluding steroid dienone is 3. The summed E-state index contributed by atoms with van der Waals surface area (Å²) in [5.74, 6) is 0.0849. The largest absolute Gasteiger partial charge is 0.274 e. The molecule has 2 amide bonds. The zero-order chi connectivity index (χ0) is 17.6. The average Bonchev–Trinajstić information content (AvgIpc) is 2.92. The molecule has 3 heteroatoms. The van der Waals surface area contributed by atoms with E-state index in [1.165, 1.54) is 16.0 Å². The summed E-state index contributed by atoms with van der Waals surface area (Å²) in [6.07, 6.45) is 2.87. The van der Waals surface area contributed by atoms with Gasteiger partial charge in [-0.05, 0) is 50.8 Å². The van der Waals surface area contributed by atoms with Crippen LogP contribution in [0.2, 0.25) is 0 Å². The van der Waals surface area contributed by atoms with E-state index in [4.69, 9.17) is 0 Å². The lowest BCUT2D eigenvalue weighted by Crippen LogP contribution is -2.37. The molecule has 1 spiro atoms. The van der Waals surface area contributed by atoms with Crippen molar-refractivity contribution in [3.63, 3.8) is 0 Å². The minimum Gasteiger partial charge on any atom is -0.274 e. The molecule has 0 bridgehead atoms. The second-order valence-corrected chi connectivity index (χ2v) is 7.48. The quantitative estimate of drug-likeness (QED) is 0.596. The van der Waals surface area contributed by atoms with Gasteiger partial charge in [-0.3, -0.25) is 14.5 Å². The molecule has 3 atom stereocenters. The predicted molar refractivity (Wildman–Crippen MR) is 96.6 cm³/mol. The van der Waals surface area contributed by atoms with Crippen LogP contribution in [-0.2, 0) is 9.59 Å². The number of carbonyl (C=O) groups is 2. The minimum atomic E-state index is -0.658. The first-order chi connectivity index (χ1) is 11.3. The van der Waals surface area contributed by atoms with Crippen LogP contribution in [0.15, 0.2) is 48.1 Å². The molecule has 0 N–H and O–H groups in total. The maximum absolute atomic E-state index is 13.4. The monoisotopic (exact) mass is 323 g/mol. The summed E-state index contributed by atoms with van der Waals surface area (Å²) < 4.78 is 0. The van der Waals surface area contributed by atoms with Gasteiger partial charge in [-0.1, -0.05) is 36.3 Å². The number of hydrogen-bond donors (Lipinski definition) is 0. The first-order valence-corrected chi connectivity index (χ1v) is 8.55. The maximum Gasteiger partial charge on any atom is 0.241 e. The second-order valence-electron chi connectivity index (χ2n) is 7.48. The number of rotatable bonds is 2. The molecule has 3 unspecified atom stereocenters. The highest BCUT2D eigenvalue weighted by atomic mass is 16.2. The third-order valence-corrected chi connectivity index (χ3v) is 5.55. The highest BCUT2D eigenvalue weighted by molar-refractivity contribution is 6.23. The van der Waals surface area contributed by atoms with E-state index in [0.717, 1.165) is 12.0 Å². The minimum absolute atomic E-state index is 0.0521. The number of benzene rings is 1. The molecule has 24 heavy (non-hydrogen) atoms. The molecule has 1 aliphatic carbocycles. The van der Waals surface area contributed by atoms with Crippen LogP contribution in [0.4, 0.5) is 5.69 Å². The summed E-state index contributed by atoms with van der Waals surface area (Å²) in [6.45, 7) is 12.3. The third-order valence-electron chi connectivity index (χ3n) is 5.55. The van der Waals surface area contributed by atoms with Gasteiger partial charge in [0, 0.05) is 12.3 Å². The van der Waals surface area contributed by atoms with Crippen LogP contribution < -0.4 is 4.90 Å². The molecule has 1 aromatic carbocycles. The second kappa shape index (κ2) is 5.73. The Hall–Kier alpha value is -2.16. The molecule has 3 nitrogen and oxygen atoms in total. The number of anilines is 1. The van der Waals surface area contributed by atoms with E-state index in [1.807, 2.05) is 37.3 Å². The van der Waals surface area contributed by atoms with Gasteiger partial charge in [-0.15, -0.1) is 6.58 Å². The van der Waals surface area contributed by atoms with Crippen molar-refractivity contribution in [1.29, 1.82) is 0 Å². The lowest BCUT2D eigenvalue weighted by atomic mass is 9.75. The van der Waals surface area contributed by atoms with E-state index in [2.05, 4.69) is 27.4 Å². The van der Waals surface area contributed by atoms with E-state index in [-0.39, 0.29) is 24.2 Å². The molecule has 2 fully saturated rings. The first kappa shape index (κ1) is 16.7. The van der Waals surface area contributed by atoms with Crippen LogP contribution in [0.25, 0.3) is 0 Å². The van der Waals surface area contributed by atoms with E-state index in [9.17, 15) is 9.59 Å². The lowest BCUT2D eigenvalue weighted by Gasteiger charge is -2.27. The molecule has 1 aliphatic heterocycles. The van der Waals surface area contributed by atoms with Crippen LogP contribution in [0.1, 0.15) is 39.2 Å². The molecule has 2 aliphatic rings. The number of hydrogen-bond acceptors (Lipinski definition) is 2. The van der Waals surface area contributed by atoms with Crippen LogP contribution in [0.3, 0.4) is 0 Å². The van der Waals surface area contributed by atoms with Crippen molar-refractivity contribution < 1.29 is 9.59 Å². The SMILES string of the molecule is C=CC1C(=C(C)C)C(C)CC12CC(=O)N(c1cccc(C)c1)C2=O. The molecule has 1 aromatic rings. The fraction of sp³-hybridized carbons (Fsp3) is 0.429. The molecule has 1 heterocycles. The van der Waals surface area contributed by atoms with Gasteiger partial charge < -0.3 is 0 Å². The van der Waals surface area contributed by atoms with Crippen molar-refractivity contribution >= 4 is 17.5 Å². The van der Waals surface area contributed by atoms with Gasteiger partial charge in [-0.2, -0.15) is 0 Å². The van der Waals surface area contributed by atoms with Gasteiger partial charge in [-0.25, -0.2) is 0 Å². The number of amides is 2. The number of imide groups is 1. The van der Waals surface area contributed by atoms with Gasteiger partial charge in [0.15, 0.2) is 0 Å². The Kier molecular flexibility index (Phi) is 3.98. The van der Waals surface area contributed by atoms with Gasteiger partial charge in [0.1, 0.15) is 0 Å². The molecule has 0 radical (unpaired) electrons. The van der Waals surface area contributed by atoms with Crippen molar-refractivity contribution in [3.05, 3.63) is 53.6 Å². The molecule has 126 valence electrons. The standard InChI is InChI=1S/C21H25NO2/c1-6-17-19(13(2)3)15(5)11-21(17)12-18(23)22(20(21)24)16-9-7-8-14(4)10-16/h6-10,15,17H,1,11-12H2,2-5H3. The molecule has 0 aromatic heterocycles. The van der Waals surface area contributed by atoms with E-state index in [0.29, 0.717) is 11.6 Å². The van der Waals surface area contributed by atoms with Crippen LogP contribution in [0, 0.1) is 24.2 Å². The highest BCUT2D eigenvalue weighted by Gasteiger charge is 2.60. The fourth-order valence-electron chi connectivity index (χ4n) is 4.74. The van der Waals surface area contributed by atoms with Crippen molar-refractivity contribution in [2.75, 3.05) is 4.90 Å². The first-order valence-electron chi connectivity index (χ1n) is 8.55. The van der Waals surface area contributed by atoms with Gasteiger partial charge in [0.05, 0.1) is 11.1 Å². The summed E-state index contributed by atoms with van der Waals surface area (Å²) in [6, 6.07) is 7.60. The average molecular weight is 323 g/mol. The number of carbonyl (C=O) groups excluding carboxylic acids is 2. The lowest BCUT2D eigenvalue weighted by molar-refractivity contribution is -0.126. The molecule has 1 saturated carbocycles. The zero-order valence-corrected chi connectivity index (χ0v) is 14.9. The van der Waals surface area contributed by atoms with Crippen LogP contribution >= 0.6 is 0 Å². The number of nitrogens with zero attached hydrogens (tertiary/aromatic N) is 1. The summed E-state index contributed by atoms with van der Waals surface area (Å²) in [7, 11) is 0. The summed E-state index contributed by atoms with van der Waals surface area (Å²) in [4.78, 5) is 27.5. The smallest absolute Gasteiger partial charge is 0.241 e. The van der Waals surface area contributed by atoms with Crippen LogP contribution in [0.5, 0.6) is 0 Å². The molecule has 1 saturated heterocycles. The van der Waals surface area contributed by atoms with Gasteiger partial charge >= 0.3 is 0 Å². The van der Waals surface area contributed by atoms with E-state index >= 15 is 0 Å². The topological polar surface area (TPSA) is 37.4 Å². The zero-order valence-electron chi connectivity index (χ0n) is 14.9. The Morgan fingerprint density at radius 1 is 1.33 bits per heavy atom. The number of aryl methyl sites for hydroxylation is 1. The molecule has 3 rings (SSSR count). The van der Waals surface area contributed by atoms with E-state index in [1.54, 1.807) is 0 Å². The Bertz CT molecular complexity index is 757. The fourth-order valence-corrected chi connectivity index (χ4v) is 4.74. The Morgan fingerprint density at radius 2 is 2.04 bits per heavy atom. The van der Waals surface area contributed by atoms with Crippen molar-refractivity contribution in [1.82, 2.24) is 0 Å². The molecular formula is C21H25NO2. The van der Waals surface area contributed by atoms with Gasteiger partial charge in [0.2, 0.25) is 11.8 Å². The molecular weight excluding hydrogens is 298 g/mol. The normalized spacial score (nSPS) is 29.7. The summed E-state index contributed by atoms with van der Waals surface area (Å²) in [5, 5.41) is 0. The Labute approximate surface area is 144 Å². The van der Waals surface area contributed by atoms with Crippen molar-refractivity contribution in [2.24, 2.45) is 17.3 Å². The third kappa shape index (κ3) is 2.26. The summed E-state index contributed by atoms with van der Waals surface area (Å²) in [5.41, 5.74) is 3.58. The van der Waals surface area contributed by atoms with Crippen LogP contribution in [-0.4, -0.2) is 11.8 Å². The Morgan fingerprint density at radius 3 is 2.62 bits per heavy atom. The Balaban J connectivity index is 2.08. The van der Waals surface area contributed by atoms with E-state index < -0.39 is 5.41 Å². The van der Waals surface area contributed by atoms with Gasteiger partial charge in [0.25, 0.3) is 0 Å².